The number of carbonyl (C=O) groups excluding carboxylic acids is 1. The van der Waals surface area contributed by atoms with E-state index in [4.69, 9.17) is 14.2 Å². The quantitative estimate of drug-likeness (QED) is 0.266. The van der Waals surface area contributed by atoms with E-state index in [1.807, 2.05) is 30.3 Å². The topological polar surface area (TPSA) is 122 Å². The number of fused-ring (bicyclic) bond motifs is 2. The summed E-state index contributed by atoms with van der Waals surface area (Å²) in [4.78, 5) is 19.2. The molecule has 2 aliphatic heterocycles. The highest BCUT2D eigenvalue weighted by atomic mass is 32.2. The molecule has 0 spiro atoms. The van der Waals surface area contributed by atoms with Gasteiger partial charge in [0, 0.05) is 48.3 Å². The van der Waals surface area contributed by atoms with E-state index in [1.54, 1.807) is 30.3 Å². The lowest BCUT2D eigenvalue weighted by molar-refractivity contribution is 0.0383. The summed E-state index contributed by atoms with van der Waals surface area (Å²) < 4.78 is 45.9. The van der Waals surface area contributed by atoms with Crippen molar-refractivity contribution in [1.82, 2.24) is 15.2 Å². The SMILES string of the molecule is CC(C)(C)c1ccc(S(=O)(=O)Nc2ccc3[nH]c(C(=O)NCCN4CCOCC4)c(-c4ccc5c(c4)OCO5)c3c2)cc1. The minimum absolute atomic E-state index is 0.0906. The molecule has 1 aromatic heterocycles. The van der Waals surface area contributed by atoms with Gasteiger partial charge in [0.05, 0.1) is 18.1 Å². The Bertz CT molecular complexity index is 1750. The Morgan fingerprint density at radius 3 is 2.44 bits per heavy atom. The number of H-pyrrole nitrogens is 1. The summed E-state index contributed by atoms with van der Waals surface area (Å²) >= 11 is 0. The monoisotopic (exact) mass is 604 g/mol. The Kier molecular flexibility index (Phi) is 7.80. The lowest BCUT2D eigenvalue weighted by Gasteiger charge is -2.26. The molecule has 43 heavy (non-hydrogen) atoms. The molecular weight excluding hydrogens is 568 g/mol. The summed E-state index contributed by atoms with van der Waals surface area (Å²) in [6.07, 6.45) is 0. The van der Waals surface area contributed by atoms with Crippen LogP contribution in [-0.2, 0) is 20.2 Å². The fourth-order valence-corrected chi connectivity index (χ4v) is 6.42. The van der Waals surface area contributed by atoms with Crippen LogP contribution in [0.3, 0.4) is 0 Å². The van der Waals surface area contributed by atoms with Gasteiger partial charge in [-0.2, -0.15) is 0 Å². The highest BCUT2D eigenvalue weighted by molar-refractivity contribution is 7.92. The molecule has 11 heteroatoms. The van der Waals surface area contributed by atoms with Crippen molar-refractivity contribution in [3.63, 3.8) is 0 Å². The average molecular weight is 605 g/mol. The van der Waals surface area contributed by atoms with Crippen LogP contribution in [0.2, 0.25) is 0 Å². The van der Waals surface area contributed by atoms with Crippen LogP contribution >= 0.6 is 0 Å². The number of aromatic nitrogens is 1. The first-order valence-corrected chi connectivity index (χ1v) is 15.8. The third-order valence-electron chi connectivity index (χ3n) is 7.79. The molecule has 0 unspecified atom stereocenters. The molecular formula is C32H36N4O6S. The second-order valence-corrected chi connectivity index (χ2v) is 13.5. The number of amides is 1. The Morgan fingerprint density at radius 1 is 0.953 bits per heavy atom. The predicted octanol–water partition coefficient (Wildman–Crippen LogP) is 4.72. The van der Waals surface area contributed by atoms with E-state index >= 15 is 0 Å². The van der Waals surface area contributed by atoms with Crippen molar-refractivity contribution in [2.75, 3.05) is 50.9 Å². The van der Waals surface area contributed by atoms with E-state index in [0.717, 1.165) is 30.8 Å². The zero-order valence-corrected chi connectivity index (χ0v) is 25.3. The van der Waals surface area contributed by atoms with Crippen LogP contribution in [0.1, 0.15) is 36.8 Å². The molecule has 3 heterocycles. The van der Waals surface area contributed by atoms with Crippen molar-refractivity contribution in [3.05, 3.63) is 71.9 Å². The minimum atomic E-state index is -3.85. The number of nitrogens with zero attached hydrogens (tertiary/aromatic N) is 1. The Hall–Kier alpha value is -4.06. The van der Waals surface area contributed by atoms with Gasteiger partial charge in [0.15, 0.2) is 11.5 Å². The van der Waals surface area contributed by atoms with E-state index in [1.165, 1.54) is 0 Å². The number of nitrogens with one attached hydrogen (secondary N) is 3. The number of anilines is 1. The van der Waals surface area contributed by atoms with Crippen LogP contribution in [0.4, 0.5) is 5.69 Å². The van der Waals surface area contributed by atoms with Crippen molar-refractivity contribution in [3.8, 4) is 22.6 Å². The minimum Gasteiger partial charge on any atom is -0.454 e. The molecule has 0 atom stereocenters. The average Bonchev–Trinajstić information content (AvgIpc) is 3.61. The molecule has 0 radical (unpaired) electrons. The molecule has 0 bridgehead atoms. The zero-order valence-electron chi connectivity index (χ0n) is 24.5. The van der Waals surface area contributed by atoms with Crippen LogP contribution in [0.5, 0.6) is 11.5 Å². The van der Waals surface area contributed by atoms with Crippen LogP contribution in [0.15, 0.2) is 65.6 Å². The molecule has 0 aliphatic carbocycles. The Labute approximate surface area is 251 Å². The zero-order chi connectivity index (χ0) is 30.2. The van der Waals surface area contributed by atoms with Crippen molar-refractivity contribution < 1.29 is 27.4 Å². The van der Waals surface area contributed by atoms with E-state index in [9.17, 15) is 13.2 Å². The van der Waals surface area contributed by atoms with Gasteiger partial charge in [-0.05, 0) is 59.0 Å². The summed E-state index contributed by atoms with van der Waals surface area (Å²) in [5.41, 5.74) is 3.81. The number of hydrogen-bond donors (Lipinski definition) is 3. The second-order valence-electron chi connectivity index (χ2n) is 11.8. The van der Waals surface area contributed by atoms with E-state index in [2.05, 4.69) is 40.7 Å². The predicted molar refractivity (Wildman–Crippen MR) is 165 cm³/mol. The molecule has 226 valence electrons. The number of morpholine rings is 1. The Morgan fingerprint density at radius 2 is 1.70 bits per heavy atom. The molecule has 1 amide bonds. The second kappa shape index (κ2) is 11.6. The number of aromatic amines is 1. The summed E-state index contributed by atoms with van der Waals surface area (Å²) in [6.45, 7) is 10.6. The fourth-order valence-electron chi connectivity index (χ4n) is 5.37. The largest absolute Gasteiger partial charge is 0.454 e. The normalized spacial score (nSPS) is 15.5. The number of carbonyl (C=O) groups is 1. The maximum atomic E-state index is 13.5. The molecule has 0 saturated carbocycles. The highest BCUT2D eigenvalue weighted by Gasteiger charge is 2.24. The summed E-state index contributed by atoms with van der Waals surface area (Å²) in [5.74, 6) is 0.963. The summed E-state index contributed by atoms with van der Waals surface area (Å²) in [5, 5.41) is 3.73. The third-order valence-corrected chi connectivity index (χ3v) is 9.18. The number of rotatable bonds is 8. The van der Waals surface area contributed by atoms with Crippen molar-refractivity contribution in [2.24, 2.45) is 0 Å². The molecule has 10 nitrogen and oxygen atoms in total. The van der Waals surface area contributed by atoms with Crippen molar-refractivity contribution in [1.29, 1.82) is 0 Å². The lowest BCUT2D eigenvalue weighted by Crippen LogP contribution is -2.41. The molecule has 6 rings (SSSR count). The number of hydrogen-bond acceptors (Lipinski definition) is 7. The standard InChI is InChI=1S/C32H36N4O6S/c1-32(2,3)22-5-8-24(9-6-22)43(38,39)35-23-7-10-26-25(19-23)29(21-4-11-27-28(18-21)42-20-41-27)30(34-26)31(37)33-12-13-36-14-16-40-17-15-36/h4-11,18-19,34-35H,12-17,20H2,1-3H3,(H,33,37). The van der Waals surface area contributed by atoms with Gasteiger partial charge in [-0.15, -0.1) is 0 Å². The first kappa shape index (κ1) is 29.0. The van der Waals surface area contributed by atoms with E-state index < -0.39 is 10.0 Å². The maximum Gasteiger partial charge on any atom is 0.268 e. The first-order valence-electron chi connectivity index (χ1n) is 14.4. The van der Waals surface area contributed by atoms with Crippen molar-refractivity contribution >= 4 is 32.5 Å². The van der Waals surface area contributed by atoms with Gasteiger partial charge in [0.2, 0.25) is 6.79 Å². The van der Waals surface area contributed by atoms with E-state index in [0.29, 0.717) is 59.1 Å². The first-order chi connectivity index (χ1) is 20.6. The highest BCUT2D eigenvalue weighted by Crippen LogP contribution is 2.40. The van der Waals surface area contributed by atoms with Crippen LogP contribution in [0, 0.1) is 0 Å². The molecule has 1 fully saturated rings. The van der Waals surface area contributed by atoms with Gasteiger partial charge in [-0.25, -0.2) is 8.42 Å². The smallest absolute Gasteiger partial charge is 0.268 e. The lowest BCUT2D eigenvalue weighted by atomic mass is 9.87. The van der Waals surface area contributed by atoms with Gasteiger partial charge in [0.1, 0.15) is 5.69 Å². The van der Waals surface area contributed by atoms with Gasteiger partial charge in [0.25, 0.3) is 15.9 Å². The van der Waals surface area contributed by atoms with E-state index in [-0.39, 0.29) is 23.0 Å². The van der Waals surface area contributed by atoms with Crippen LogP contribution in [0.25, 0.3) is 22.0 Å². The van der Waals surface area contributed by atoms with Crippen LogP contribution in [-0.4, -0.2) is 70.4 Å². The van der Waals surface area contributed by atoms with Gasteiger partial charge in [-0.3, -0.25) is 14.4 Å². The number of sulfonamides is 1. The van der Waals surface area contributed by atoms with Crippen LogP contribution < -0.4 is 19.5 Å². The fraction of sp³-hybridized carbons (Fsp3) is 0.344. The van der Waals surface area contributed by atoms with Crippen molar-refractivity contribution in [2.45, 2.75) is 31.1 Å². The van der Waals surface area contributed by atoms with Gasteiger partial charge in [-0.1, -0.05) is 39.0 Å². The van der Waals surface area contributed by atoms with Gasteiger partial charge >= 0.3 is 0 Å². The summed E-state index contributed by atoms with van der Waals surface area (Å²) in [7, 11) is -3.85. The van der Waals surface area contributed by atoms with Gasteiger partial charge < -0.3 is 24.5 Å². The molecule has 1 saturated heterocycles. The number of ether oxygens (including phenoxy) is 3. The molecule has 3 aromatic carbocycles. The molecule has 3 N–H and O–H groups in total. The maximum absolute atomic E-state index is 13.5. The summed E-state index contributed by atoms with van der Waals surface area (Å²) in [6, 6.07) is 17.6. The third kappa shape index (κ3) is 6.20. The Balaban J connectivity index is 1.32. The molecule has 2 aliphatic rings. The number of benzene rings is 3. The molecule has 4 aromatic rings.